The number of carbonyl (C=O) groups excluding carboxylic acids is 2. The maximum atomic E-state index is 12.7. The maximum Gasteiger partial charge on any atom is 0.509 e. The molecule has 0 radical (unpaired) electrons. The predicted octanol–water partition coefficient (Wildman–Crippen LogP) is 4.50. The van der Waals surface area contributed by atoms with Crippen LogP contribution >= 0.6 is 8.03 Å². The smallest absolute Gasteiger partial charge is 0.466 e. The number of hydrogen-bond donors (Lipinski definition) is 2. The van der Waals surface area contributed by atoms with Crippen molar-refractivity contribution in [2.75, 3.05) is 11.9 Å². The zero-order chi connectivity index (χ0) is 23.7. The summed E-state index contributed by atoms with van der Waals surface area (Å²) < 4.78 is 22.6. The number of benzene rings is 1. The lowest BCUT2D eigenvalue weighted by atomic mass is 9.92. The third-order valence-electron chi connectivity index (χ3n) is 4.53. The number of nitrogens with zero attached hydrogens (tertiary/aromatic N) is 1. The number of pyridine rings is 1. The fraction of sp³-hybridized carbons (Fsp3) is 0.435. The third kappa shape index (κ3) is 8.36. The van der Waals surface area contributed by atoms with Crippen molar-refractivity contribution in [3.8, 4) is 0 Å². The molecular formula is C23H30N2O6P+. The fourth-order valence-electron chi connectivity index (χ4n) is 3.14. The van der Waals surface area contributed by atoms with E-state index >= 15 is 0 Å². The first kappa shape index (κ1) is 25.4. The zero-order valence-corrected chi connectivity index (χ0v) is 19.7. The SMILES string of the molecule is CCOC(=O)C(Cc1ccc(NC(=O)OC(C)(C)C)nc1)C(Cc1ccccc1)[P+](=O)O. The van der Waals surface area contributed by atoms with Crippen molar-refractivity contribution < 1.29 is 28.5 Å². The number of carbonyl (C=O) groups is 2. The van der Waals surface area contributed by atoms with Crippen molar-refractivity contribution in [3.63, 3.8) is 0 Å². The minimum absolute atomic E-state index is 0.173. The molecule has 2 rings (SSSR count). The average molecular weight is 461 g/mol. The molecule has 2 aromatic rings. The molecule has 0 aliphatic heterocycles. The van der Waals surface area contributed by atoms with Gasteiger partial charge in [0.25, 0.3) is 0 Å². The second-order valence-electron chi connectivity index (χ2n) is 8.30. The molecule has 0 aliphatic carbocycles. The van der Waals surface area contributed by atoms with Gasteiger partial charge in [0.2, 0.25) is 5.66 Å². The van der Waals surface area contributed by atoms with Crippen molar-refractivity contribution in [3.05, 3.63) is 59.8 Å². The molecule has 8 nitrogen and oxygen atoms in total. The number of rotatable bonds is 9. The number of nitrogens with one attached hydrogen (secondary N) is 1. The van der Waals surface area contributed by atoms with E-state index in [1.54, 1.807) is 39.8 Å². The highest BCUT2D eigenvalue weighted by molar-refractivity contribution is 7.39. The molecule has 9 heteroatoms. The Bertz CT molecular complexity index is 912. The van der Waals surface area contributed by atoms with Crippen LogP contribution in [0.1, 0.15) is 38.8 Å². The van der Waals surface area contributed by atoms with E-state index in [0.717, 1.165) is 5.56 Å². The Balaban J connectivity index is 2.17. The van der Waals surface area contributed by atoms with Gasteiger partial charge in [-0.3, -0.25) is 10.1 Å². The van der Waals surface area contributed by atoms with Gasteiger partial charge >= 0.3 is 20.1 Å². The Kier molecular flexibility index (Phi) is 9.29. The van der Waals surface area contributed by atoms with Crippen LogP contribution in [-0.2, 0) is 31.7 Å². The molecule has 2 N–H and O–H groups in total. The molecule has 0 aliphatic rings. The quantitative estimate of drug-likeness (QED) is 0.417. The summed E-state index contributed by atoms with van der Waals surface area (Å²) in [5.41, 5.74) is 0.0870. The van der Waals surface area contributed by atoms with E-state index in [-0.39, 0.29) is 19.4 Å². The second kappa shape index (κ2) is 11.7. The number of esters is 1. The van der Waals surface area contributed by atoms with Gasteiger partial charge in [-0.2, -0.15) is 4.89 Å². The molecule has 32 heavy (non-hydrogen) atoms. The summed E-state index contributed by atoms with van der Waals surface area (Å²) >= 11 is 0. The summed E-state index contributed by atoms with van der Waals surface area (Å²) in [5.74, 6) is -1.05. The maximum absolute atomic E-state index is 12.7. The minimum atomic E-state index is -2.64. The molecule has 0 saturated heterocycles. The first-order chi connectivity index (χ1) is 15.1. The lowest BCUT2D eigenvalue weighted by Crippen LogP contribution is -2.31. The standard InChI is InChI=1S/C23H29N2O6P/c1-5-30-21(26)18(19(32(28)29)14-16-9-7-6-8-10-16)13-17-11-12-20(24-15-17)25-22(27)31-23(2,3)4/h6-12,15,18-19H,5,13-14H2,1-4H3,(H-,24,25,27,28,29)/p+1. The van der Waals surface area contributed by atoms with E-state index in [0.29, 0.717) is 11.4 Å². The van der Waals surface area contributed by atoms with Gasteiger partial charge < -0.3 is 9.47 Å². The number of hydrogen-bond acceptors (Lipinski definition) is 6. The van der Waals surface area contributed by atoms with E-state index in [1.165, 1.54) is 6.20 Å². The predicted molar refractivity (Wildman–Crippen MR) is 122 cm³/mol. The van der Waals surface area contributed by atoms with Crippen LogP contribution in [0, 0.1) is 5.92 Å². The number of anilines is 1. The van der Waals surface area contributed by atoms with Crippen molar-refractivity contribution >= 4 is 25.9 Å². The Labute approximate surface area is 189 Å². The van der Waals surface area contributed by atoms with E-state index in [9.17, 15) is 19.0 Å². The molecule has 3 atom stereocenters. The number of amides is 1. The lowest BCUT2D eigenvalue weighted by Gasteiger charge is -2.19. The first-order valence-electron chi connectivity index (χ1n) is 10.4. The van der Waals surface area contributed by atoms with E-state index in [2.05, 4.69) is 10.3 Å². The van der Waals surface area contributed by atoms with Crippen molar-refractivity contribution in [1.82, 2.24) is 4.98 Å². The van der Waals surface area contributed by atoms with Gasteiger partial charge in [-0.05, 0) is 55.9 Å². The molecule has 0 spiro atoms. The van der Waals surface area contributed by atoms with Gasteiger partial charge in [-0.1, -0.05) is 36.4 Å². The molecule has 172 valence electrons. The average Bonchev–Trinajstić information content (AvgIpc) is 2.71. The largest absolute Gasteiger partial charge is 0.509 e. The monoisotopic (exact) mass is 461 g/mol. The molecular weight excluding hydrogens is 431 g/mol. The summed E-state index contributed by atoms with van der Waals surface area (Å²) in [6, 6.07) is 12.5. The highest BCUT2D eigenvalue weighted by Gasteiger charge is 2.43. The summed E-state index contributed by atoms with van der Waals surface area (Å²) in [7, 11) is -2.64. The Morgan fingerprint density at radius 3 is 2.31 bits per heavy atom. The normalized spacial score (nSPS) is 13.6. The van der Waals surface area contributed by atoms with Gasteiger partial charge in [0.1, 0.15) is 17.3 Å². The van der Waals surface area contributed by atoms with Gasteiger partial charge in [-0.25, -0.2) is 9.78 Å². The lowest BCUT2D eigenvalue weighted by molar-refractivity contribution is -0.148. The summed E-state index contributed by atoms with van der Waals surface area (Å²) in [5, 5.41) is 2.55. The number of aromatic nitrogens is 1. The van der Waals surface area contributed by atoms with Gasteiger partial charge in [0, 0.05) is 12.6 Å². The molecule has 3 unspecified atom stereocenters. The van der Waals surface area contributed by atoms with Crippen LogP contribution in [0.2, 0.25) is 0 Å². The topological polar surface area (TPSA) is 115 Å². The molecule has 1 heterocycles. The van der Waals surface area contributed by atoms with E-state index in [1.807, 2.05) is 30.3 Å². The van der Waals surface area contributed by atoms with Crippen molar-refractivity contribution in [2.45, 2.75) is 51.8 Å². The first-order valence-corrected chi connectivity index (χ1v) is 11.7. The molecule has 1 aromatic carbocycles. The fourth-order valence-corrected chi connectivity index (χ4v) is 4.04. The molecule has 1 aromatic heterocycles. The van der Waals surface area contributed by atoms with Crippen LogP contribution < -0.4 is 5.32 Å². The third-order valence-corrected chi connectivity index (χ3v) is 5.64. The van der Waals surface area contributed by atoms with Crippen molar-refractivity contribution in [1.29, 1.82) is 0 Å². The molecule has 1 amide bonds. The molecule has 0 saturated carbocycles. The summed E-state index contributed by atoms with van der Waals surface area (Å²) in [6.07, 6.45) is 1.34. The van der Waals surface area contributed by atoms with Crippen molar-refractivity contribution in [2.24, 2.45) is 5.92 Å². The zero-order valence-electron chi connectivity index (χ0n) is 18.8. The Hall–Kier alpha value is -2.83. The van der Waals surface area contributed by atoms with Crippen LogP contribution in [-0.4, -0.2) is 39.8 Å². The van der Waals surface area contributed by atoms with Crippen LogP contribution in [0.5, 0.6) is 0 Å². The Morgan fingerprint density at radius 1 is 1.09 bits per heavy atom. The van der Waals surface area contributed by atoms with Gasteiger partial charge in [0.05, 0.1) is 6.61 Å². The van der Waals surface area contributed by atoms with Gasteiger partial charge in [0.15, 0.2) is 0 Å². The van der Waals surface area contributed by atoms with E-state index in [4.69, 9.17) is 9.47 Å². The summed E-state index contributed by atoms with van der Waals surface area (Å²) in [6.45, 7) is 7.15. The van der Waals surface area contributed by atoms with Gasteiger partial charge in [-0.15, -0.1) is 0 Å². The highest BCUT2D eigenvalue weighted by atomic mass is 31.1. The summed E-state index contributed by atoms with van der Waals surface area (Å²) in [4.78, 5) is 38.8. The molecule has 0 bridgehead atoms. The van der Waals surface area contributed by atoms with Crippen LogP contribution in [0.3, 0.4) is 0 Å². The molecule has 0 fully saturated rings. The minimum Gasteiger partial charge on any atom is -0.466 e. The van der Waals surface area contributed by atoms with Crippen LogP contribution in [0.15, 0.2) is 48.7 Å². The highest BCUT2D eigenvalue weighted by Crippen LogP contribution is 2.35. The second-order valence-corrected chi connectivity index (χ2v) is 9.57. The van der Waals surface area contributed by atoms with Crippen LogP contribution in [0.25, 0.3) is 0 Å². The van der Waals surface area contributed by atoms with Crippen LogP contribution in [0.4, 0.5) is 10.6 Å². The Morgan fingerprint density at radius 2 is 1.78 bits per heavy atom. The van der Waals surface area contributed by atoms with E-state index < -0.39 is 37.3 Å². The number of ether oxygens (including phenoxy) is 2.